The number of benzene rings is 1. The number of ether oxygens (including phenoxy) is 3. The van der Waals surface area contributed by atoms with Gasteiger partial charge in [-0.2, -0.15) is 0 Å². The molecule has 1 aromatic rings. The molecule has 0 heterocycles. The number of amides is 1. The minimum atomic E-state index is -0.832. The van der Waals surface area contributed by atoms with E-state index in [1.807, 2.05) is 0 Å². The van der Waals surface area contributed by atoms with Gasteiger partial charge < -0.3 is 19.5 Å². The molecule has 1 aromatic carbocycles. The van der Waals surface area contributed by atoms with E-state index in [2.05, 4.69) is 12.2 Å². The molecule has 0 aromatic heterocycles. The molecule has 1 fully saturated rings. The fraction of sp³-hybridized carbons (Fsp3) is 0.579. The number of hydrogen-bond donors (Lipinski definition) is 1. The van der Waals surface area contributed by atoms with Gasteiger partial charge in [0.2, 0.25) is 0 Å². The zero-order valence-electron chi connectivity index (χ0n) is 15.1. The highest BCUT2D eigenvalue weighted by molar-refractivity contribution is 5.83. The van der Waals surface area contributed by atoms with Crippen LogP contribution in [-0.4, -0.2) is 37.7 Å². The van der Waals surface area contributed by atoms with Gasteiger partial charge in [0.15, 0.2) is 12.7 Å². The first-order valence-electron chi connectivity index (χ1n) is 8.76. The number of esters is 1. The van der Waals surface area contributed by atoms with Crippen LogP contribution in [0.25, 0.3) is 0 Å². The number of carbonyl (C=O) groups is 2. The first-order chi connectivity index (χ1) is 12.0. The molecular formula is C19H27NO5. The van der Waals surface area contributed by atoms with E-state index in [1.54, 1.807) is 38.3 Å². The third kappa shape index (κ3) is 5.96. The van der Waals surface area contributed by atoms with Crippen molar-refractivity contribution in [3.8, 4) is 11.5 Å². The Balaban J connectivity index is 1.73. The smallest absolute Gasteiger partial charge is 0.344 e. The van der Waals surface area contributed by atoms with Crippen molar-refractivity contribution in [3.05, 3.63) is 24.3 Å². The van der Waals surface area contributed by atoms with Crippen molar-refractivity contribution >= 4 is 11.9 Å². The fourth-order valence-electron chi connectivity index (χ4n) is 2.93. The number of hydrogen-bond acceptors (Lipinski definition) is 5. The summed E-state index contributed by atoms with van der Waals surface area (Å²) in [5.41, 5.74) is 0. The highest BCUT2D eigenvalue weighted by atomic mass is 16.6. The summed E-state index contributed by atoms with van der Waals surface area (Å²) in [6.07, 6.45) is 3.60. The van der Waals surface area contributed by atoms with E-state index in [0.29, 0.717) is 17.4 Å². The summed E-state index contributed by atoms with van der Waals surface area (Å²) >= 11 is 0. The maximum absolute atomic E-state index is 12.2. The van der Waals surface area contributed by atoms with Gasteiger partial charge in [0.1, 0.15) is 11.5 Å². The molecule has 25 heavy (non-hydrogen) atoms. The van der Waals surface area contributed by atoms with Gasteiger partial charge in [-0.25, -0.2) is 4.79 Å². The number of rotatable bonds is 7. The molecule has 2 rings (SSSR count). The van der Waals surface area contributed by atoms with Crippen LogP contribution in [0, 0.1) is 5.92 Å². The van der Waals surface area contributed by atoms with Gasteiger partial charge in [0.25, 0.3) is 5.91 Å². The Morgan fingerprint density at radius 2 is 1.80 bits per heavy atom. The zero-order valence-corrected chi connectivity index (χ0v) is 15.1. The Kier molecular flexibility index (Phi) is 7.10. The summed E-state index contributed by atoms with van der Waals surface area (Å²) < 4.78 is 15.6. The summed E-state index contributed by atoms with van der Waals surface area (Å²) in [4.78, 5) is 24.1. The summed E-state index contributed by atoms with van der Waals surface area (Å²) in [6, 6.07) is 7.04. The highest BCUT2D eigenvalue weighted by Crippen LogP contribution is 2.23. The molecule has 0 bridgehead atoms. The zero-order chi connectivity index (χ0) is 18.2. The topological polar surface area (TPSA) is 73.9 Å². The van der Waals surface area contributed by atoms with Gasteiger partial charge in [-0.15, -0.1) is 0 Å². The predicted molar refractivity (Wildman–Crippen MR) is 93.6 cm³/mol. The van der Waals surface area contributed by atoms with Crippen molar-refractivity contribution in [2.24, 2.45) is 5.92 Å². The van der Waals surface area contributed by atoms with E-state index in [-0.39, 0.29) is 18.6 Å². The molecule has 6 nitrogen and oxygen atoms in total. The van der Waals surface area contributed by atoms with Gasteiger partial charge in [0, 0.05) is 6.04 Å². The van der Waals surface area contributed by atoms with Crippen molar-refractivity contribution in [2.75, 3.05) is 13.7 Å². The second-order valence-electron chi connectivity index (χ2n) is 6.47. The summed E-state index contributed by atoms with van der Waals surface area (Å²) in [5.74, 6) is 0.869. The summed E-state index contributed by atoms with van der Waals surface area (Å²) in [6.45, 7) is 3.47. The van der Waals surface area contributed by atoms with Crippen LogP contribution in [0.4, 0.5) is 0 Å². The molecular weight excluding hydrogens is 322 g/mol. The lowest BCUT2D eigenvalue weighted by atomic mass is 9.86. The third-order valence-corrected chi connectivity index (χ3v) is 4.53. The molecule has 6 heteroatoms. The molecule has 138 valence electrons. The van der Waals surface area contributed by atoms with Crippen molar-refractivity contribution in [1.29, 1.82) is 0 Å². The largest absolute Gasteiger partial charge is 0.497 e. The average Bonchev–Trinajstić information content (AvgIpc) is 2.62. The van der Waals surface area contributed by atoms with Gasteiger partial charge >= 0.3 is 5.97 Å². The van der Waals surface area contributed by atoms with E-state index in [4.69, 9.17) is 14.2 Å². The van der Waals surface area contributed by atoms with E-state index >= 15 is 0 Å². The van der Waals surface area contributed by atoms with Crippen LogP contribution in [0.5, 0.6) is 11.5 Å². The number of methoxy groups -OCH3 is 1. The molecule has 1 aliphatic carbocycles. The van der Waals surface area contributed by atoms with Crippen LogP contribution < -0.4 is 14.8 Å². The van der Waals surface area contributed by atoms with Gasteiger partial charge in [-0.1, -0.05) is 19.8 Å². The fourth-order valence-corrected chi connectivity index (χ4v) is 2.93. The van der Waals surface area contributed by atoms with Crippen molar-refractivity contribution in [3.63, 3.8) is 0 Å². The second kappa shape index (κ2) is 9.30. The predicted octanol–water partition coefficient (Wildman–Crippen LogP) is 2.70. The number of nitrogens with one attached hydrogen (secondary N) is 1. The Labute approximate surface area is 148 Å². The Morgan fingerprint density at radius 3 is 2.44 bits per heavy atom. The second-order valence-corrected chi connectivity index (χ2v) is 6.47. The molecule has 3 unspecified atom stereocenters. The summed E-state index contributed by atoms with van der Waals surface area (Å²) in [5, 5.41) is 2.99. The normalized spacial score (nSPS) is 21.1. The van der Waals surface area contributed by atoms with Crippen LogP contribution in [-0.2, 0) is 14.3 Å². The molecule has 3 atom stereocenters. The molecule has 0 radical (unpaired) electrons. The standard InChI is InChI=1S/C19H27NO5/c1-13-6-4-5-7-17(13)20-19(22)14(2)25-18(21)12-24-16-10-8-15(23-3)9-11-16/h8-11,13-14,17H,4-7,12H2,1-3H3,(H,20,22). The summed E-state index contributed by atoms with van der Waals surface area (Å²) in [7, 11) is 1.58. The molecule has 0 spiro atoms. The Hall–Kier alpha value is -2.24. The number of carbonyl (C=O) groups excluding carboxylic acids is 2. The average molecular weight is 349 g/mol. The van der Waals surface area contributed by atoms with E-state index in [9.17, 15) is 9.59 Å². The third-order valence-electron chi connectivity index (χ3n) is 4.53. The molecule has 1 N–H and O–H groups in total. The maximum Gasteiger partial charge on any atom is 0.344 e. The van der Waals surface area contributed by atoms with Crippen LogP contribution in [0.15, 0.2) is 24.3 Å². The lowest BCUT2D eigenvalue weighted by molar-refractivity contribution is -0.157. The van der Waals surface area contributed by atoms with Crippen molar-refractivity contribution in [1.82, 2.24) is 5.32 Å². The van der Waals surface area contributed by atoms with E-state index in [1.165, 1.54) is 6.42 Å². The quantitative estimate of drug-likeness (QED) is 0.766. The first-order valence-corrected chi connectivity index (χ1v) is 8.76. The SMILES string of the molecule is COc1ccc(OCC(=O)OC(C)C(=O)NC2CCCCC2C)cc1. The molecule has 1 saturated carbocycles. The van der Waals surface area contributed by atoms with Crippen molar-refractivity contribution in [2.45, 2.75) is 51.7 Å². The molecule has 0 aliphatic heterocycles. The molecule has 1 aliphatic rings. The molecule has 0 saturated heterocycles. The highest BCUT2D eigenvalue weighted by Gasteiger charge is 2.26. The maximum atomic E-state index is 12.2. The minimum Gasteiger partial charge on any atom is -0.497 e. The van der Waals surface area contributed by atoms with Crippen LogP contribution in [0.3, 0.4) is 0 Å². The first kappa shape index (κ1) is 19.1. The van der Waals surface area contributed by atoms with Crippen molar-refractivity contribution < 1.29 is 23.8 Å². The van der Waals surface area contributed by atoms with Gasteiger partial charge in [-0.3, -0.25) is 4.79 Å². The molecule has 1 amide bonds. The minimum absolute atomic E-state index is 0.165. The van der Waals surface area contributed by atoms with Crippen LogP contribution in [0.2, 0.25) is 0 Å². The lowest BCUT2D eigenvalue weighted by Crippen LogP contribution is -2.46. The van der Waals surface area contributed by atoms with E-state index < -0.39 is 12.1 Å². The lowest BCUT2D eigenvalue weighted by Gasteiger charge is -2.30. The van der Waals surface area contributed by atoms with Gasteiger partial charge in [0.05, 0.1) is 7.11 Å². The van der Waals surface area contributed by atoms with Crippen LogP contribution in [0.1, 0.15) is 39.5 Å². The monoisotopic (exact) mass is 349 g/mol. The Morgan fingerprint density at radius 1 is 1.16 bits per heavy atom. The Bertz CT molecular complexity index is 572. The van der Waals surface area contributed by atoms with Crippen LogP contribution >= 0.6 is 0 Å². The van der Waals surface area contributed by atoms with E-state index in [0.717, 1.165) is 19.3 Å². The van der Waals surface area contributed by atoms with Gasteiger partial charge in [-0.05, 0) is 49.9 Å².